The molecule has 5 aromatic rings. The Morgan fingerprint density at radius 1 is 0.970 bits per heavy atom. The number of halogens is 2. The normalized spacial score (nSPS) is 11.2. The van der Waals surface area contributed by atoms with E-state index in [1.165, 1.54) is 17.0 Å². The molecule has 0 aliphatic carbocycles. The lowest BCUT2D eigenvalue weighted by molar-refractivity contribution is 0.0992. The van der Waals surface area contributed by atoms with Crippen LogP contribution in [0.4, 0.5) is 10.2 Å². The lowest BCUT2D eigenvalue weighted by Gasteiger charge is -2.17. The number of aryl methyl sites for hydroxylation is 1. The molecule has 33 heavy (non-hydrogen) atoms. The Hall–Kier alpha value is -4.04. The van der Waals surface area contributed by atoms with Gasteiger partial charge in [0, 0.05) is 43.2 Å². The molecule has 0 saturated carbocycles. The van der Waals surface area contributed by atoms with Crippen LogP contribution < -0.4 is 4.90 Å². The van der Waals surface area contributed by atoms with Crippen molar-refractivity contribution in [3.63, 3.8) is 0 Å². The van der Waals surface area contributed by atoms with Crippen molar-refractivity contribution in [1.82, 2.24) is 24.1 Å². The Balaban J connectivity index is 1.49. The predicted molar refractivity (Wildman–Crippen MR) is 125 cm³/mol. The molecule has 0 N–H and O–H groups in total. The summed E-state index contributed by atoms with van der Waals surface area (Å²) in [7, 11) is 3.44. The summed E-state index contributed by atoms with van der Waals surface area (Å²) in [6.45, 7) is 0. The zero-order valence-corrected chi connectivity index (χ0v) is 18.5. The number of hydrogen-bond acceptors (Lipinski definition) is 4. The first kappa shape index (κ1) is 20.8. The summed E-state index contributed by atoms with van der Waals surface area (Å²) in [5.41, 5.74) is 4.76. The Kier molecular flexibility index (Phi) is 5.14. The maximum atomic E-state index is 13.2. The topological polar surface area (TPSA) is 68.3 Å². The molecule has 7 nitrogen and oxygen atoms in total. The second-order valence-corrected chi connectivity index (χ2v) is 7.99. The zero-order valence-electron chi connectivity index (χ0n) is 17.8. The van der Waals surface area contributed by atoms with Crippen molar-refractivity contribution in [2.75, 3.05) is 11.9 Å². The molecule has 0 aliphatic rings. The number of aromatic nitrogens is 5. The maximum absolute atomic E-state index is 13.2. The van der Waals surface area contributed by atoms with Crippen LogP contribution >= 0.6 is 11.6 Å². The first-order valence-electron chi connectivity index (χ1n) is 10.1. The van der Waals surface area contributed by atoms with Gasteiger partial charge in [0.1, 0.15) is 17.3 Å². The van der Waals surface area contributed by atoms with Gasteiger partial charge in [0.2, 0.25) is 0 Å². The quantitative estimate of drug-likeness (QED) is 0.384. The highest BCUT2D eigenvalue weighted by molar-refractivity contribution is 6.34. The average Bonchev–Trinajstić information content (AvgIpc) is 3.44. The van der Waals surface area contributed by atoms with E-state index in [9.17, 15) is 9.18 Å². The first-order valence-corrected chi connectivity index (χ1v) is 10.4. The van der Waals surface area contributed by atoms with Gasteiger partial charge in [-0.1, -0.05) is 17.7 Å². The van der Waals surface area contributed by atoms with Crippen LogP contribution in [0.1, 0.15) is 10.4 Å². The summed E-state index contributed by atoms with van der Waals surface area (Å²) in [4.78, 5) is 22.7. The van der Waals surface area contributed by atoms with Gasteiger partial charge in [-0.15, -0.1) is 0 Å². The van der Waals surface area contributed by atoms with Crippen LogP contribution in [0.3, 0.4) is 0 Å². The van der Waals surface area contributed by atoms with Crippen molar-refractivity contribution in [3.8, 4) is 22.4 Å². The third-order valence-corrected chi connectivity index (χ3v) is 5.71. The summed E-state index contributed by atoms with van der Waals surface area (Å²) in [6, 6.07) is 11.9. The number of rotatable bonds is 4. The van der Waals surface area contributed by atoms with Crippen LogP contribution in [-0.2, 0) is 7.05 Å². The predicted octanol–water partition coefficient (Wildman–Crippen LogP) is 4.87. The number of anilines is 1. The minimum Gasteiger partial charge on any atom is -0.299 e. The van der Waals surface area contributed by atoms with E-state index in [1.807, 2.05) is 48.2 Å². The van der Waals surface area contributed by atoms with Gasteiger partial charge < -0.3 is 0 Å². The number of hydrogen-bond donors (Lipinski definition) is 0. The molecule has 164 valence electrons. The van der Waals surface area contributed by atoms with Crippen molar-refractivity contribution in [1.29, 1.82) is 0 Å². The van der Waals surface area contributed by atoms with E-state index in [4.69, 9.17) is 11.6 Å². The second-order valence-electron chi connectivity index (χ2n) is 7.59. The maximum Gasteiger partial charge on any atom is 0.260 e. The van der Waals surface area contributed by atoms with E-state index in [-0.39, 0.29) is 5.91 Å². The average molecular weight is 461 g/mol. The van der Waals surface area contributed by atoms with Gasteiger partial charge in [-0.05, 0) is 36.4 Å². The molecule has 0 unspecified atom stereocenters. The van der Waals surface area contributed by atoms with Gasteiger partial charge >= 0.3 is 0 Å². The van der Waals surface area contributed by atoms with Crippen LogP contribution in [-0.4, -0.2) is 37.1 Å². The van der Waals surface area contributed by atoms with Gasteiger partial charge in [-0.2, -0.15) is 5.10 Å². The number of fused-ring (bicyclic) bond motifs is 1. The molecule has 5 rings (SSSR count). The second kappa shape index (κ2) is 8.14. The van der Waals surface area contributed by atoms with Crippen LogP contribution in [0.15, 0.2) is 73.4 Å². The van der Waals surface area contributed by atoms with Gasteiger partial charge in [-0.3, -0.25) is 18.8 Å². The number of carbonyl (C=O) groups is 1. The number of imidazole rings is 1. The minimum absolute atomic E-state index is 0.296. The molecule has 0 aliphatic heterocycles. The summed E-state index contributed by atoms with van der Waals surface area (Å²) >= 11 is 6.51. The Morgan fingerprint density at radius 3 is 2.48 bits per heavy atom. The fourth-order valence-corrected chi connectivity index (χ4v) is 3.90. The summed E-state index contributed by atoms with van der Waals surface area (Å²) in [5, 5.41) is 4.53. The minimum atomic E-state index is -0.471. The Morgan fingerprint density at radius 2 is 1.79 bits per heavy atom. The highest BCUT2D eigenvalue weighted by Crippen LogP contribution is 2.29. The SMILES string of the molecule is CN(C(=O)c1ccc(-c2cnc3ccc(-c4cnn(C)c4)cn23)cc1Cl)c1ccc(F)cn1. The lowest BCUT2D eigenvalue weighted by Crippen LogP contribution is -2.27. The number of pyridine rings is 2. The molecule has 0 spiro atoms. The fraction of sp³-hybridized carbons (Fsp3) is 0.0833. The number of benzene rings is 1. The largest absolute Gasteiger partial charge is 0.299 e. The van der Waals surface area contributed by atoms with Crippen LogP contribution in [0, 0.1) is 5.82 Å². The molecular formula is C24H18ClFN6O. The van der Waals surface area contributed by atoms with E-state index < -0.39 is 5.82 Å². The van der Waals surface area contributed by atoms with Crippen molar-refractivity contribution in [2.24, 2.45) is 7.05 Å². The molecule has 0 bridgehead atoms. The van der Waals surface area contributed by atoms with Gasteiger partial charge in [0.05, 0.1) is 34.9 Å². The molecular weight excluding hydrogens is 443 g/mol. The van der Waals surface area contributed by atoms with E-state index in [2.05, 4.69) is 15.1 Å². The van der Waals surface area contributed by atoms with Crippen molar-refractivity contribution in [2.45, 2.75) is 0 Å². The van der Waals surface area contributed by atoms with Crippen molar-refractivity contribution in [3.05, 3.63) is 89.9 Å². The molecule has 1 aromatic carbocycles. The monoisotopic (exact) mass is 460 g/mol. The first-order chi connectivity index (χ1) is 15.9. The van der Waals surface area contributed by atoms with E-state index in [1.54, 1.807) is 30.1 Å². The zero-order chi connectivity index (χ0) is 23.1. The highest BCUT2D eigenvalue weighted by Gasteiger charge is 2.19. The van der Waals surface area contributed by atoms with Crippen LogP contribution in [0.5, 0.6) is 0 Å². The lowest BCUT2D eigenvalue weighted by atomic mass is 10.1. The third-order valence-electron chi connectivity index (χ3n) is 5.40. The summed E-state index contributed by atoms with van der Waals surface area (Å²) in [6.07, 6.45) is 8.58. The number of amides is 1. The number of nitrogens with zero attached hydrogens (tertiary/aromatic N) is 6. The van der Waals surface area contributed by atoms with Crippen molar-refractivity contribution < 1.29 is 9.18 Å². The molecule has 0 atom stereocenters. The number of carbonyl (C=O) groups excluding carboxylic acids is 1. The molecule has 9 heteroatoms. The Bertz CT molecular complexity index is 1490. The Labute approximate surface area is 193 Å². The smallest absolute Gasteiger partial charge is 0.260 e. The highest BCUT2D eigenvalue weighted by atomic mass is 35.5. The van der Waals surface area contributed by atoms with Crippen LogP contribution in [0.25, 0.3) is 28.0 Å². The summed E-state index contributed by atoms with van der Waals surface area (Å²) in [5.74, 6) is -0.490. The fourth-order valence-electron chi connectivity index (χ4n) is 3.63. The van der Waals surface area contributed by atoms with Crippen LogP contribution in [0.2, 0.25) is 5.02 Å². The molecule has 0 fully saturated rings. The standard InChI is InChI=1S/C24H18ClFN6O/c1-30-13-17(10-29-30)16-4-7-23-28-12-21(32(23)14-16)15-3-6-19(20(25)9-15)24(33)31(2)22-8-5-18(26)11-27-22/h3-14H,1-2H3. The van der Waals surface area contributed by atoms with E-state index in [0.29, 0.717) is 16.4 Å². The van der Waals surface area contributed by atoms with Gasteiger partial charge in [-0.25, -0.2) is 14.4 Å². The molecule has 4 aromatic heterocycles. The molecule has 1 amide bonds. The molecule has 0 radical (unpaired) electrons. The van der Waals surface area contributed by atoms with Crippen molar-refractivity contribution >= 4 is 29.0 Å². The third kappa shape index (κ3) is 3.85. The van der Waals surface area contributed by atoms with Gasteiger partial charge in [0.25, 0.3) is 5.91 Å². The van der Waals surface area contributed by atoms with E-state index in [0.717, 1.165) is 34.2 Å². The van der Waals surface area contributed by atoms with E-state index >= 15 is 0 Å². The summed E-state index contributed by atoms with van der Waals surface area (Å²) < 4.78 is 16.9. The van der Waals surface area contributed by atoms with Gasteiger partial charge in [0.15, 0.2) is 0 Å². The molecule has 4 heterocycles. The molecule has 0 saturated heterocycles.